The van der Waals surface area contributed by atoms with Crippen molar-refractivity contribution in [2.75, 3.05) is 20.3 Å². The van der Waals surface area contributed by atoms with Crippen LogP contribution in [-0.2, 0) is 9.53 Å². The third-order valence-electron chi connectivity index (χ3n) is 5.53. The average Bonchev–Trinajstić information content (AvgIpc) is 3.17. The zero-order valence-electron chi connectivity index (χ0n) is 20.1. The molecule has 0 bridgehead atoms. The number of benzene rings is 2. The molecule has 0 spiro atoms. The van der Waals surface area contributed by atoms with E-state index in [0.29, 0.717) is 43.2 Å². The summed E-state index contributed by atoms with van der Waals surface area (Å²) in [5.41, 5.74) is 2.19. The van der Waals surface area contributed by atoms with E-state index in [9.17, 15) is 9.59 Å². The third-order valence-corrected chi connectivity index (χ3v) is 7.10. The molecule has 0 radical (unpaired) electrons. The summed E-state index contributed by atoms with van der Waals surface area (Å²) in [7, 11) is 1.56. The van der Waals surface area contributed by atoms with E-state index < -0.39 is 12.0 Å². The standard InChI is InChI=1S/C27H25BrN2O5S/c1-5-12-35-24-19(28)13-17(14-20(24)33-4)15-21-25(31)30-23(18-10-8-7-9-11-18)22(26(32)34-6-2)16(3)29-27(30)36-21/h5,7-11,13-15,23H,1,6,12H2,2-4H3/b21-15-/t23-/m1/s1. The predicted molar refractivity (Wildman–Crippen MR) is 143 cm³/mol. The number of thiazole rings is 1. The Morgan fingerprint density at radius 3 is 2.69 bits per heavy atom. The monoisotopic (exact) mass is 568 g/mol. The van der Waals surface area contributed by atoms with Gasteiger partial charge in [0.1, 0.15) is 6.61 Å². The molecule has 1 atom stereocenters. The number of hydrogen-bond donors (Lipinski definition) is 0. The van der Waals surface area contributed by atoms with Crippen molar-refractivity contribution < 1.29 is 19.0 Å². The van der Waals surface area contributed by atoms with Gasteiger partial charge in [0.2, 0.25) is 0 Å². The number of rotatable bonds is 8. The molecule has 0 saturated heterocycles. The van der Waals surface area contributed by atoms with E-state index in [4.69, 9.17) is 14.2 Å². The Morgan fingerprint density at radius 1 is 1.28 bits per heavy atom. The average molecular weight is 569 g/mol. The minimum absolute atomic E-state index is 0.227. The van der Waals surface area contributed by atoms with Crippen LogP contribution in [0.3, 0.4) is 0 Å². The first-order chi connectivity index (χ1) is 17.4. The Balaban J connectivity index is 1.89. The number of esters is 1. The maximum atomic E-state index is 13.7. The molecule has 4 rings (SSSR count). The molecule has 2 aromatic carbocycles. The van der Waals surface area contributed by atoms with Crippen molar-refractivity contribution in [2.24, 2.45) is 4.99 Å². The lowest BCUT2D eigenvalue weighted by atomic mass is 9.96. The predicted octanol–water partition coefficient (Wildman–Crippen LogP) is 4.13. The van der Waals surface area contributed by atoms with Gasteiger partial charge >= 0.3 is 5.97 Å². The smallest absolute Gasteiger partial charge is 0.338 e. The van der Waals surface area contributed by atoms with Gasteiger partial charge in [0.05, 0.1) is 40.0 Å². The molecule has 7 nitrogen and oxygen atoms in total. The summed E-state index contributed by atoms with van der Waals surface area (Å²) in [6.07, 6.45) is 3.43. The highest BCUT2D eigenvalue weighted by molar-refractivity contribution is 9.10. The summed E-state index contributed by atoms with van der Waals surface area (Å²) in [4.78, 5) is 31.8. The van der Waals surface area contributed by atoms with Crippen LogP contribution in [0.15, 0.2) is 80.6 Å². The number of allylic oxidation sites excluding steroid dienone is 1. The molecule has 2 heterocycles. The molecule has 1 aliphatic rings. The second-order valence-electron chi connectivity index (χ2n) is 7.85. The van der Waals surface area contributed by atoms with Gasteiger partial charge in [0, 0.05) is 0 Å². The highest BCUT2D eigenvalue weighted by Crippen LogP contribution is 2.37. The molecule has 0 amide bonds. The molecular weight excluding hydrogens is 544 g/mol. The van der Waals surface area contributed by atoms with Crippen molar-refractivity contribution in [3.63, 3.8) is 0 Å². The molecule has 1 aromatic heterocycles. The van der Waals surface area contributed by atoms with Crippen molar-refractivity contribution in [3.05, 3.63) is 102 Å². The quantitative estimate of drug-likeness (QED) is 0.301. The zero-order chi connectivity index (χ0) is 25.8. The van der Waals surface area contributed by atoms with Gasteiger partial charge in [-0.3, -0.25) is 9.36 Å². The number of carbonyl (C=O) groups excluding carboxylic acids is 1. The van der Waals surface area contributed by atoms with E-state index >= 15 is 0 Å². The highest BCUT2D eigenvalue weighted by atomic mass is 79.9. The molecule has 0 aliphatic carbocycles. The molecule has 0 N–H and O–H groups in total. The van der Waals surface area contributed by atoms with Crippen LogP contribution in [0, 0.1) is 0 Å². The minimum atomic E-state index is -0.639. The first-order valence-corrected chi connectivity index (χ1v) is 12.9. The number of carbonyl (C=O) groups is 1. The summed E-state index contributed by atoms with van der Waals surface area (Å²) in [6.45, 7) is 7.74. The summed E-state index contributed by atoms with van der Waals surface area (Å²) in [6, 6.07) is 12.4. The second kappa shape index (κ2) is 11.1. The van der Waals surface area contributed by atoms with Crippen LogP contribution in [0.25, 0.3) is 6.08 Å². The third kappa shape index (κ3) is 4.94. The number of aromatic nitrogens is 1. The van der Waals surface area contributed by atoms with Crippen LogP contribution < -0.4 is 24.4 Å². The summed E-state index contributed by atoms with van der Waals surface area (Å²) >= 11 is 4.79. The molecule has 36 heavy (non-hydrogen) atoms. The lowest BCUT2D eigenvalue weighted by molar-refractivity contribution is -0.139. The Morgan fingerprint density at radius 2 is 2.03 bits per heavy atom. The van der Waals surface area contributed by atoms with E-state index in [0.717, 1.165) is 11.1 Å². The van der Waals surface area contributed by atoms with Crippen molar-refractivity contribution in [3.8, 4) is 11.5 Å². The maximum Gasteiger partial charge on any atom is 0.338 e. The topological polar surface area (TPSA) is 79.1 Å². The summed E-state index contributed by atoms with van der Waals surface area (Å²) < 4.78 is 19.3. The van der Waals surface area contributed by atoms with Crippen LogP contribution in [-0.4, -0.2) is 30.9 Å². The fourth-order valence-electron chi connectivity index (χ4n) is 4.00. The van der Waals surface area contributed by atoms with Crippen LogP contribution in [0.5, 0.6) is 11.5 Å². The van der Waals surface area contributed by atoms with Gasteiger partial charge in [0.25, 0.3) is 5.56 Å². The van der Waals surface area contributed by atoms with Gasteiger partial charge in [-0.2, -0.15) is 0 Å². The van der Waals surface area contributed by atoms with Gasteiger partial charge in [-0.1, -0.05) is 54.3 Å². The largest absolute Gasteiger partial charge is 0.493 e. The molecular formula is C27H25BrN2O5S. The number of fused-ring (bicyclic) bond motifs is 1. The van der Waals surface area contributed by atoms with Gasteiger partial charge in [-0.25, -0.2) is 9.79 Å². The lowest BCUT2D eigenvalue weighted by Gasteiger charge is -2.24. The van der Waals surface area contributed by atoms with Crippen LogP contribution in [0.1, 0.15) is 31.0 Å². The van der Waals surface area contributed by atoms with Crippen molar-refractivity contribution in [1.29, 1.82) is 0 Å². The Labute approximate surface area is 220 Å². The molecule has 0 fully saturated rings. The number of halogens is 1. The minimum Gasteiger partial charge on any atom is -0.493 e. The van der Waals surface area contributed by atoms with Gasteiger partial charge in [-0.15, -0.1) is 0 Å². The van der Waals surface area contributed by atoms with Gasteiger partial charge in [0.15, 0.2) is 16.3 Å². The SMILES string of the molecule is C=CCOc1c(Br)cc(/C=c2\sc3n(c2=O)[C@H](c2ccccc2)C(C(=O)OCC)=C(C)N=3)cc1OC. The second-order valence-corrected chi connectivity index (χ2v) is 9.71. The van der Waals surface area contributed by atoms with Crippen LogP contribution >= 0.6 is 27.3 Å². The van der Waals surface area contributed by atoms with Gasteiger partial charge in [-0.05, 0) is 59.1 Å². The number of ether oxygens (including phenoxy) is 3. The van der Waals surface area contributed by atoms with Crippen LogP contribution in [0.4, 0.5) is 0 Å². The van der Waals surface area contributed by atoms with Crippen LogP contribution in [0.2, 0.25) is 0 Å². The maximum absolute atomic E-state index is 13.7. The summed E-state index contributed by atoms with van der Waals surface area (Å²) in [5, 5.41) is 0. The Bertz CT molecular complexity index is 1520. The number of nitrogens with zero attached hydrogens (tertiary/aromatic N) is 2. The lowest BCUT2D eigenvalue weighted by Crippen LogP contribution is -2.39. The molecule has 0 saturated carbocycles. The van der Waals surface area contributed by atoms with E-state index in [1.807, 2.05) is 36.4 Å². The molecule has 1 aliphatic heterocycles. The molecule has 0 unspecified atom stereocenters. The van der Waals surface area contributed by atoms with Crippen molar-refractivity contribution >= 4 is 39.3 Å². The molecule has 9 heteroatoms. The van der Waals surface area contributed by atoms with E-state index in [-0.39, 0.29) is 12.2 Å². The number of hydrogen-bond acceptors (Lipinski definition) is 7. The number of methoxy groups -OCH3 is 1. The van der Waals surface area contributed by atoms with Gasteiger partial charge < -0.3 is 14.2 Å². The van der Waals surface area contributed by atoms with E-state index in [2.05, 4.69) is 27.5 Å². The van der Waals surface area contributed by atoms with Crippen molar-refractivity contribution in [2.45, 2.75) is 19.9 Å². The van der Waals surface area contributed by atoms with E-state index in [1.165, 1.54) is 11.3 Å². The Kier molecular flexibility index (Phi) is 7.91. The fraction of sp³-hybridized carbons (Fsp3) is 0.222. The zero-order valence-corrected chi connectivity index (χ0v) is 22.5. The fourth-order valence-corrected chi connectivity index (χ4v) is 5.62. The van der Waals surface area contributed by atoms with Crippen molar-refractivity contribution in [1.82, 2.24) is 4.57 Å². The Hall–Kier alpha value is -3.43. The normalized spacial score (nSPS) is 15.2. The molecule has 3 aromatic rings. The highest BCUT2D eigenvalue weighted by Gasteiger charge is 2.33. The first kappa shape index (κ1) is 25.7. The van der Waals surface area contributed by atoms with E-state index in [1.54, 1.807) is 43.7 Å². The molecule has 186 valence electrons. The first-order valence-electron chi connectivity index (χ1n) is 11.2. The summed E-state index contributed by atoms with van der Waals surface area (Å²) in [5.74, 6) is 0.591.